The molecule has 1 aliphatic carbocycles. The van der Waals surface area contributed by atoms with Crippen LogP contribution in [0.4, 0.5) is 5.82 Å². The normalized spacial score (nSPS) is 15.0. The zero-order valence-electron chi connectivity index (χ0n) is 8.68. The summed E-state index contributed by atoms with van der Waals surface area (Å²) in [4.78, 5) is 17.1. The van der Waals surface area contributed by atoms with E-state index in [0.29, 0.717) is 6.04 Å². The molecule has 0 aromatic carbocycles. The van der Waals surface area contributed by atoms with Gasteiger partial charge in [-0.2, -0.15) is 0 Å². The molecule has 1 N–H and O–H groups in total. The van der Waals surface area contributed by atoms with Crippen molar-refractivity contribution in [2.24, 2.45) is 0 Å². The van der Waals surface area contributed by atoms with Crippen molar-refractivity contribution < 1.29 is 9.90 Å². The standard InChI is InChI=1S/C11H14N2O2/c1-2-13(8-6-7-8)10-5-3-4-9(12-10)11(14)15/h3-5,8H,2,6-7H2,1H3,(H,14,15). The highest BCUT2D eigenvalue weighted by atomic mass is 16.4. The molecule has 1 saturated carbocycles. The first-order valence-electron chi connectivity index (χ1n) is 5.19. The summed E-state index contributed by atoms with van der Waals surface area (Å²) in [6.45, 7) is 2.94. The van der Waals surface area contributed by atoms with Gasteiger partial charge >= 0.3 is 5.97 Å². The molecule has 1 aromatic heterocycles. The smallest absolute Gasteiger partial charge is 0.354 e. The topological polar surface area (TPSA) is 53.4 Å². The van der Waals surface area contributed by atoms with E-state index in [1.807, 2.05) is 6.07 Å². The Bertz CT molecular complexity index is 375. The van der Waals surface area contributed by atoms with Crippen molar-refractivity contribution in [3.05, 3.63) is 23.9 Å². The Labute approximate surface area is 88.6 Å². The Morgan fingerprint density at radius 2 is 2.33 bits per heavy atom. The van der Waals surface area contributed by atoms with Crippen LogP contribution in [-0.2, 0) is 0 Å². The molecule has 0 bridgehead atoms. The minimum atomic E-state index is -0.969. The van der Waals surface area contributed by atoms with Crippen LogP contribution >= 0.6 is 0 Å². The fraction of sp³-hybridized carbons (Fsp3) is 0.455. The molecule has 4 heteroatoms. The van der Waals surface area contributed by atoms with E-state index in [1.165, 1.54) is 18.9 Å². The van der Waals surface area contributed by atoms with Crippen molar-refractivity contribution in [3.8, 4) is 0 Å². The van der Waals surface area contributed by atoms with Crippen molar-refractivity contribution in [1.82, 2.24) is 4.98 Å². The second kappa shape index (κ2) is 3.88. The number of carboxylic acid groups (broad SMARTS) is 1. The average Bonchev–Trinajstić information content (AvgIpc) is 3.04. The van der Waals surface area contributed by atoms with E-state index in [0.717, 1.165) is 12.4 Å². The predicted octanol–water partition coefficient (Wildman–Crippen LogP) is 1.77. The summed E-state index contributed by atoms with van der Waals surface area (Å²) in [5.41, 5.74) is 0.117. The molecule has 4 nitrogen and oxygen atoms in total. The quantitative estimate of drug-likeness (QED) is 0.815. The van der Waals surface area contributed by atoms with Gasteiger partial charge in [0.2, 0.25) is 0 Å². The van der Waals surface area contributed by atoms with Gasteiger partial charge < -0.3 is 10.0 Å². The van der Waals surface area contributed by atoms with Crippen LogP contribution in [0.25, 0.3) is 0 Å². The molecule has 1 heterocycles. The van der Waals surface area contributed by atoms with Crippen LogP contribution in [0, 0.1) is 0 Å². The maximum Gasteiger partial charge on any atom is 0.354 e. The van der Waals surface area contributed by atoms with Gasteiger partial charge in [-0.3, -0.25) is 0 Å². The Balaban J connectivity index is 2.26. The molecule has 2 rings (SSSR count). The zero-order valence-corrected chi connectivity index (χ0v) is 8.68. The number of rotatable bonds is 4. The molecule has 0 spiro atoms. The fourth-order valence-electron chi connectivity index (χ4n) is 1.70. The number of hydrogen-bond acceptors (Lipinski definition) is 3. The maximum atomic E-state index is 10.8. The molecule has 0 aliphatic heterocycles. The molecular formula is C11H14N2O2. The molecule has 1 aliphatic rings. The summed E-state index contributed by atoms with van der Waals surface area (Å²) in [6.07, 6.45) is 2.37. The molecule has 0 radical (unpaired) electrons. The van der Waals surface area contributed by atoms with Crippen molar-refractivity contribution in [3.63, 3.8) is 0 Å². The van der Waals surface area contributed by atoms with Crippen LogP contribution in [0.2, 0.25) is 0 Å². The lowest BCUT2D eigenvalue weighted by atomic mass is 10.3. The number of carboxylic acids is 1. The zero-order chi connectivity index (χ0) is 10.8. The van der Waals surface area contributed by atoms with Gasteiger partial charge in [0.25, 0.3) is 0 Å². The molecule has 1 fully saturated rings. The summed E-state index contributed by atoms with van der Waals surface area (Å²) in [6, 6.07) is 5.70. The van der Waals surface area contributed by atoms with E-state index in [2.05, 4.69) is 16.8 Å². The highest BCUT2D eigenvalue weighted by Crippen LogP contribution is 2.30. The summed E-state index contributed by atoms with van der Waals surface area (Å²) >= 11 is 0. The number of anilines is 1. The molecule has 0 unspecified atom stereocenters. The van der Waals surface area contributed by atoms with E-state index in [-0.39, 0.29) is 5.69 Å². The van der Waals surface area contributed by atoms with E-state index >= 15 is 0 Å². The van der Waals surface area contributed by atoms with E-state index < -0.39 is 5.97 Å². The largest absolute Gasteiger partial charge is 0.477 e. The summed E-state index contributed by atoms with van der Waals surface area (Å²) in [5, 5.41) is 8.84. The second-order valence-corrected chi connectivity index (χ2v) is 3.70. The van der Waals surface area contributed by atoms with Gasteiger partial charge in [0.1, 0.15) is 5.82 Å². The van der Waals surface area contributed by atoms with E-state index in [1.54, 1.807) is 6.07 Å². The molecule has 0 saturated heterocycles. The summed E-state index contributed by atoms with van der Waals surface area (Å²) in [5.74, 6) is -0.191. The van der Waals surface area contributed by atoms with Gasteiger partial charge in [0.15, 0.2) is 5.69 Å². The Hall–Kier alpha value is -1.58. The summed E-state index contributed by atoms with van der Waals surface area (Å²) in [7, 11) is 0. The highest BCUT2D eigenvalue weighted by molar-refractivity contribution is 5.85. The number of hydrogen-bond donors (Lipinski definition) is 1. The summed E-state index contributed by atoms with van der Waals surface area (Å²) < 4.78 is 0. The fourth-order valence-corrected chi connectivity index (χ4v) is 1.70. The van der Waals surface area contributed by atoms with Crippen molar-refractivity contribution >= 4 is 11.8 Å². The number of aromatic carboxylic acids is 1. The minimum absolute atomic E-state index is 0.117. The number of aromatic nitrogens is 1. The maximum absolute atomic E-state index is 10.8. The van der Waals surface area contributed by atoms with Crippen LogP contribution in [-0.4, -0.2) is 28.6 Å². The third kappa shape index (κ3) is 2.09. The number of nitrogens with zero attached hydrogens (tertiary/aromatic N) is 2. The third-order valence-corrected chi connectivity index (χ3v) is 2.58. The molecule has 80 valence electrons. The van der Waals surface area contributed by atoms with E-state index in [9.17, 15) is 4.79 Å². The van der Waals surface area contributed by atoms with Crippen LogP contribution in [0.3, 0.4) is 0 Å². The molecule has 0 amide bonds. The van der Waals surface area contributed by atoms with Crippen molar-refractivity contribution in [1.29, 1.82) is 0 Å². The molecular weight excluding hydrogens is 192 g/mol. The number of carbonyl (C=O) groups is 1. The average molecular weight is 206 g/mol. The van der Waals surface area contributed by atoms with Crippen LogP contribution in [0.5, 0.6) is 0 Å². The highest BCUT2D eigenvalue weighted by Gasteiger charge is 2.29. The van der Waals surface area contributed by atoms with Crippen LogP contribution in [0.1, 0.15) is 30.3 Å². The Morgan fingerprint density at radius 1 is 1.60 bits per heavy atom. The van der Waals surface area contributed by atoms with E-state index in [4.69, 9.17) is 5.11 Å². The second-order valence-electron chi connectivity index (χ2n) is 3.70. The van der Waals surface area contributed by atoms with Gasteiger partial charge in [-0.1, -0.05) is 6.07 Å². The van der Waals surface area contributed by atoms with Gasteiger partial charge in [0, 0.05) is 12.6 Å². The number of pyridine rings is 1. The van der Waals surface area contributed by atoms with Crippen LogP contribution in [0.15, 0.2) is 18.2 Å². The lowest BCUT2D eigenvalue weighted by Crippen LogP contribution is -2.26. The molecule has 1 aromatic rings. The lowest BCUT2D eigenvalue weighted by molar-refractivity contribution is 0.0690. The first-order chi connectivity index (χ1) is 7.22. The van der Waals surface area contributed by atoms with Crippen molar-refractivity contribution in [2.75, 3.05) is 11.4 Å². The molecule has 15 heavy (non-hydrogen) atoms. The molecule has 0 atom stereocenters. The van der Waals surface area contributed by atoms with Gasteiger partial charge in [-0.25, -0.2) is 9.78 Å². The third-order valence-electron chi connectivity index (χ3n) is 2.58. The predicted molar refractivity (Wildman–Crippen MR) is 57.2 cm³/mol. The van der Waals surface area contributed by atoms with Gasteiger partial charge in [0.05, 0.1) is 0 Å². The van der Waals surface area contributed by atoms with Crippen LogP contribution < -0.4 is 4.90 Å². The first-order valence-corrected chi connectivity index (χ1v) is 5.19. The van der Waals surface area contributed by atoms with Gasteiger partial charge in [-0.15, -0.1) is 0 Å². The SMILES string of the molecule is CCN(c1cccc(C(=O)O)n1)C1CC1. The Morgan fingerprint density at radius 3 is 2.87 bits per heavy atom. The minimum Gasteiger partial charge on any atom is -0.477 e. The first kappa shape index (κ1) is 9.96. The Kier molecular flexibility index (Phi) is 2.58. The van der Waals surface area contributed by atoms with Gasteiger partial charge in [-0.05, 0) is 31.9 Å². The lowest BCUT2D eigenvalue weighted by Gasteiger charge is -2.21. The van der Waals surface area contributed by atoms with Crippen molar-refractivity contribution in [2.45, 2.75) is 25.8 Å². The monoisotopic (exact) mass is 206 g/mol.